The molecule has 2 rings (SSSR count). The third-order valence-corrected chi connectivity index (χ3v) is 5.59. The van der Waals surface area contributed by atoms with Gasteiger partial charge in [-0.05, 0) is 50.6 Å². The van der Waals surface area contributed by atoms with E-state index in [9.17, 15) is 13.2 Å². The molecule has 0 fully saturated rings. The molecule has 0 bridgehead atoms. The van der Waals surface area contributed by atoms with Crippen LogP contribution in [0.2, 0.25) is 5.02 Å². The molecule has 146 valence electrons. The number of aryl methyl sites for hydroxylation is 1. The van der Waals surface area contributed by atoms with Gasteiger partial charge in [0.25, 0.3) is 0 Å². The first-order chi connectivity index (χ1) is 12.6. The lowest BCUT2D eigenvalue weighted by Crippen LogP contribution is -2.45. The summed E-state index contributed by atoms with van der Waals surface area (Å²) in [5.74, 6) is 0.0362. The summed E-state index contributed by atoms with van der Waals surface area (Å²) in [6, 6.07) is 10.9. The van der Waals surface area contributed by atoms with Gasteiger partial charge < -0.3 is 10.1 Å². The van der Waals surface area contributed by atoms with Gasteiger partial charge in [-0.3, -0.25) is 9.10 Å². The van der Waals surface area contributed by atoms with Crippen LogP contribution >= 0.6 is 11.6 Å². The van der Waals surface area contributed by atoms with Crippen LogP contribution < -0.4 is 14.4 Å². The molecule has 8 heteroatoms. The first kappa shape index (κ1) is 21.1. The minimum absolute atomic E-state index is 0.328. The molecule has 27 heavy (non-hydrogen) atoms. The van der Waals surface area contributed by atoms with Crippen molar-refractivity contribution in [3.8, 4) is 5.75 Å². The van der Waals surface area contributed by atoms with Crippen LogP contribution in [0, 0.1) is 6.92 Å². The maximum absolute atomic E-state index is 12.8. The first-order valence-electron chi connectivity index (χ1n) is 8.43. The highest BCUT2D eigenvalue weighted by molar-refractivity contribution is 7.92. The summed E-state index contributed by atoms with van der Waals surface area (Å²) in [4.78, 5) is 12.8. The van der Waals surface area contributed by atoms with Gasteiger partial charge in [0.2, 0.25) is 15.9 Å². The third kappa shape index (κ3) is 5.14. The van der Waals surface area contributed by atoms with Gasteiger partial charge in [0.1, 0.15) is 11.8 Å². The van der Waals surface area contributed by atoms with E-state index in [0.29, 0.717) is 28.8 Å². The number of rotatable bonds is 7. The summed E-state index contributed by atoms with van der Waals surface area (Å²) in [5, 5.41) is 3.17. The van der Waals surface area contributed by atoms with E-state index < -0.39 is 22.0 Å². The average Bonchev–Trinajstić information content (AvgIpc) is 2.59. The molecule has 0 aliphatic rings. The maximum atomic E-state index is 12.8. The van der Waals surface area contributed by atoms with Crippen molar-refractivity contribution >= 4 is 38.9 Å². The quantitative estimate of drug-likeness (QED) is 0.752. The summed E-state index contributed by atoms with van der Waals surface area (Å²) in [6.45, 7) is 5.62. The van der Waals surface area contributed by atoms with E-state index in [1.165, 1.54) is 13.0 Å². The number of ether oxygens (including phenoxy) is 1. The number of sulfonamides is 1. The van der Waals surface area contributed by atoms with Gasteiger partial charge in [-0.2, -0.15) is 0 Å². The van der Waals surface area contributed by atoms with E-state index in [0.717, 1.165) is 16.1 Å². The van der Waals surface area contributed by atoms with Crippen LogP contribution in [0.4, 0.5) is 11.4 Å². The van der Waals surface area contributed by atoms with Crippen molar-refractivity contribution in [2.75, 3.05) is 22.5 Å². The van der Waals surface area contributed by atoms with Crippen molar-refractivity contribution in [2.45, 2.75) is 26.8 Å². The molecular weight excluding hydrogens is 388 g/mol. The van der Waals surface area contributed by atoms with Crippen LogP contribution in [-0.4, -0.2) is 33.2 Å². The molecular formula is C19H23ClN2O4S. The standard InChI is InChI=1S/C19H23ClN2O4S/c1-5-26-18-9-7-6-8-17(18)21-19(23)14(3)22(27(4,24)25)15-11-10-13(2)16(20)12-15/h6-12,14H,5H2,1-4H3,(H,21,23)/t14-/m0/s1. The van der Waals surface area contributed by atoms with Crippen molar-refractivity contribution in [1.29, 1.82) is 0 Å². The molecule has 0 aromatic heterocycles. The molecule has 6 nitrogen and oxygen atoms in total. The molecule has 1 N–H and O–H groups in total. The Bertz CT molecular complexity index is 931. The zero-order valence-corrected chi connectivity index (χ0v) is 17.3. The number of hydrogen-bond acceptors (Lipinski definition) is 4. The minimum Gasteiger partial charge on any atom is -0.492 e. The van der Waals surface area contributed by atoms with Crippen LogP contribution in [0.5, 0.6) is 5.75 Å². The molecule has 2 aromatic carbocycles. The van der Waals surface area contributed by atoms with Crippen LogP contribution in [0.1, 0.15) is 19.4 Å². The average molecular weight is 411 g/mol. The first-order valence-corrected chi connectivity index (χ1v) is 10.7. The van der Waals surface area contributed by atoms with Crippen LogP contribution in [0.15, 0.2) is 42.5 Å². The highest BCUT2D eigenvalue weighted by Crippen LogP contribution is 2.28. The number of nitrogens with zero attached hydrogens (tertiary/aromatic N) is 1. The maximum Gasteiger partial charge on any atom is 0.248 e. The van der Waals surface area contributed by atoms with E-state index >= 15 is 0 Å². The van der Waals surface area contributed by atoms with Crippen LogP contribution in [-0.2, 0) is 14.8 Å². The molecule has 0 saturated carbocycles. The largest absolute Gasteiger partial charge is 0.492 e. The summed E-state index contributed by atoms with van der Waals surface area (Å²) < 4.78 is 31.3. The van der Waals surface area contributed by atoms with Crippen LogP contribution in [0.25, 0.3) is 0 Å². The predicted molar refractivity (Wildman–Crippen MR) is 109 cm³/mol. The van der Waals surface area contributed by atoms with Crippen molar-refractivity contribution < 1.29 is 17.9 Å². The molecule has 0 aliphatic heterocycles. The molecule has 0 unspecified atom stereocenters. The molecule has 0 radical (unpaired) electrons. The number of carbonyl (C=O) groups is 1. The van der Waals surface area contributed by atoms with Crippen molar-refractivity contribution in [3.05, 3.63) is 53.1 Å². The smallest absolute Gasteiger partial charge is 0.248 e. The number of para-hydroxylation sites is 2. The Balaban J connectivity index is 2.34. The number of carbonyl (C=O) groups excluding carboxylic acids is 1. The number of nitrogens with one attached hydrogen (secondary N) is 1. The molecule has 1 atom stereocenters. The SMILES string of the molecule is CCOc1ccccc1NC(=O)[C@H](C)N(c1ccc(C)c(Cl)c1)S(C)(=O)=O. The lowest BCUT2D eigenvalue weighted by molar-refractivity contribution is -0.116. The summed E-state index contributed by atoms with van der Waals surface area (Å²) >= 11 is 6.14. The normalized spacial score (nSPS) is 12.3. The summed E-state index contributed by atoms with van der Waals surface area (Å²) in [5.41, 5.74) is 1.62. The highest BCUT2D eigenvalue weighted by atomic mass is 35.5. The number of anilines is 2. The van der Waals surface area contributed by atoms with E-state index in [-0.39, 0.29) is 0 Å². The van der Waals surface area contributed by atoms with Gasteiger partial charge in [0.15, 0.2) is 0 Å². The number of hydrogen-bond donors (Lipinski definition) is 1. The Kier molecular flexibility index (Phi) is 6.73. The fraction of sp³-hybridized carbons (Fsp3) is 0.316. The van der Waals surface area contributed by atoms with E-state index in [2.05, 4.69) is 5.32 Å². The number of halogens is 1. The predicted octanol–water partition coefficient (Wildman–Crippen LogP) is 3.84. The van der Waals surface area contributed by atoms with Crippen molar-refractivity contribution in [2.24, 2.45) is 0 Å². The van der Waals surface area contributed by atoms with Gasteiger partial charge in [0, 0.05) is 5.02 Å². The fourth-order valence-corrected chi connectivity index (χ4v) is 3.96. The lowest BCUT2D eigenvalue weighted by Gasteiger charge is -2.28. The second kappa shape index (κ2) is 8.63. The molecule has 0 aliphatic carbocycles. The lowest BCUT2D eigenvalue weighted by atomic mass is 10.2. The topological polar surface area (TPSA) is 75.7 Å². The molecule has 0 saturated heterocycles. The third-order valence-electron chi connectivity index (χ3n) is 3.94. The zero-order valence-electron chi connectivity index (χ0n) is 15.7. The Hall–Kier alpha value is -2.25. The van der Waals surface area contributed by atoms with Crippen LogP contribution in [0.3, 0.4) is 0 Å². The Morgan fingerprint density at radius 3 is 2.52 bits per heavy atom. The Morgan fingerprint density at radius 2 is 1.93 bits per heavy atom. The van der Waals surface area contributed by atoms with Gasteiger partial charge >= 0.3 is 0 Å². The molecule has 1 amide bonds. The second-order valence-electron chi connectivity index (χ2n) is 6.09. The number of benzene rings is 2. The van der Waals surface area contributed by atoms with E-state index in [1.807, 2.05) is 13.8 Å². The monoisotopic (exact) mass is 410 g/mol. The molecule has 0 heterocycles. The van der Waals surface area contributed by atoms with E-state index in [1.54, 1.807) is 36.4 Å². The second-order valence-corrected chi connectivity index (χ2v) is 8.35. The fourth-order valence-electron chi connectivity index (χ4n) is 2.62. The van der Waals surface area contributed by atoms with Gasteiger partial charge in [-0.1, -0.05) is 29.8 Å². The van der Waals surface area contributed by atoms with Gasteiger partial charge in [-0.25, -0.2) is 8.42 Å². The van der Waals surface area contributed by atoms with E-state index in [4.69, 9.17) is 16.3 Å². The Morgan fingerprint density at radius 1 is 1.26 bits per heavy atom. The minimum atomic E-state index is -3.72. The van der Waals surface area contributed by atoms with Crippen molar-refractivity contribution in [1.82, 2.24) is 0 Å². The van der Waals surface area contributed by atoms with Gasteiger partial charge in [0.05, 0.1) is 24.2 Å². The summed E-state index contributed by atoms with van der Waals surface area (Å²) in [6.07, 6.45) is 1.05. The van der Waals surface area contributed by atoms with Gasteiger partial charge in [-0.15, -0.1) is 0 Å². The Labute approximate surface area is 165 Å². The van der Waals surface area contributed by atoms with Crippen molar-refractivity contribution in [3.63, 3.8) is 0 Å². The summed E-state index contributed by atoms with van der Waals surface area (Å²) in [7, 11) is -3.72. The molecule has 2 aromatic rings. The highest BCUT2D eigenvalue weighted by Gasteiger charge is 2.29. The zero-order chi connectivity index (χ0) is 20.2. The number of amides is 1. The molecule has 0 spiro atoms.